The molecule has 2 saturated heterocycles. The van der Waals surface area contributed by atoms with Gasteiger partial charge in [-0.15, -0.1) is 11.8 Å². The van der Waals surface area contributed by atoms with Crippen LogP contribution in [0.3, 0.4) is 0 Å². The van der Waals surface area contributed by atoms with Crippen molar-refractivity contribution in [2.75, 3.05) is 18.1 Å². The van der Waals surface area contributed by atoms with Gasteiger partial charge in [0.05, 0.1) is 17.9 Å². The van der Waals surface area contributed by atoms with Gasteiger partial charge in [-0.1, -0.05) is 61.2 Å². The number of amides is 3. The Balaban J connectivity index is 1.28. The number of likely N-dealkylation sites (tertiary alicyclic amines) is 1. The van der Waals surface area contributed by atoms with Gasteiger partial charge < -0.3 is 20.3 Å². The van der Waals surface area contributed by atoms with Crippen molar-refractivity contribution < 1.29 is 19.1 Å². The molecule has 0 aromatic heterocycles. The molecule has 9 heteroatoms. The lowest BCUT2D eigenvalue weighted by atomic mass is 9.74. The summed E-state index contributed by atoms with van der Waals surface area (Å²) in [6.45, 7) is 0.341. The minimum Gasteiger partial charge on any atom is -0.359 e. The smallest absolute Gasteiger partial charge is 0.246 e. The summed E-state index contributed by atoms with van der Waals surface area (Å²) in [5, 5.41) is 6.89. The van der Waals surface area contributed by atoms with Crippen LogP contribution < -0.4 is 10.6 Å². The number of hydrogen-bond acceptors (Lipinski definition) is 5. The molecule has 4 aliphatic rings. The summed E-state index contributed by atoms with van der Waals surface area (Å²) in [7, 11) is 0. The summed E-state index contributed by atoms with van der Waals surface area (Å²) in [5.74, 6) is -2.15. The average Bonchev–Trinajstić information content (AvgIpc) is 3.60. The van der Waals surface area contributed by atoms with E-state index in [1.54, 1.807) is 16.7 Å². The number of carbonyl (C=O) groups excluding carboxylic acids is 3. The number of anilines is 1. The van der Waals surface area contributed by atoms with Gasteiger partial charge in [0, 0.05) is 28.2 Å². The fourth-order valence-electron chi connectivity index (χ4n) is 6.86. The van der Waals surface area contributed by atoms with E-state index >= 15 is 0 Å². The molecular formula is C31H34ClN3O4S. The van der Waals surface area contributed by atoms with Crippen LogP contribution in [0.1, 0.15) is 37.7 Å². The molecule has 2 N–H and O–H groups in total. The van der Waals surface area contributed by atoms with E-state index < -0.39 is 29.6 Å². The Kier molecular flexibility index (Phi) is 7.68. The lowest BCUT2D eigenvalue weighted by molar-refractivity contribution is -0.141. The van der Waals surface area contributed by atoms with Crippen LogP contribution in [-0.2, 0) is 25.5 Å². The van der Waals surface area contributed by atoms with Crippen LogP contribution in [0.4, 0.5) is 5.69 Å². The largest absolute Gasteiger partial charge is 0.359 e. The van der Waals surface area contributed by atoms with Crippen molar-refractivity contribution in [1.82, 2.24) is 10.2 Å². The van der Waals surface area contributed by atoms with Gasteiger partial charge in [-0.3, -0.25) is 14.4 Å². The van der Waals surface area contributed by atoms with E-state index in [2.05, 4.69) is 10.6 Å². The van der Waals surface area contributed by atoms with Crippen LogP contribution >= 0.6 is 23.4 Å². The molecule has 3 aliphatic heterocycles. The van der Waals surface area contributed by atoms with Gasteiger partial charge in [0.2, 0.25) is 17.7 Å². The van der Waals surface area contributed by atoms with E-state index in [0.717, 1.165) is 36.1 Å². The van der Waals surface area contributed by atoms with Crippen molar-refractivity contribution in [3.8, 4) is 0 Å². The molecule has 1 aliphatic carbocycles. The molecule has 1 spiro atoms. The van der Waals surface area contributed by atoms with Crippen molar-refractivity contribution in [3.63, 3.8) is 0 Å². The van der Waals surface area contributed by atoms with Crippen molar-refractivity contribution in [3.05, 3.63) is 71.3 Å². The molecule has 2 aromatic carbocycles. The first-order chi connectivity index (χ1) is 19.4. The number of carbonyl (C=O) groups is 3. The highest BCUT2D eigenvalue weighted by Gasteiger charge is 2.72. The van der Waals surface area contributed by atoms with Crippen LogP contribution in [0, 0.1) is 11.8 Å². The second-order valence-electron chi connectivity index (χ2n) is 11.2. The Bertz CT molecular complexity index is 1330. The first kappa shape index (κ1) is 27.4. The molecule has 3 fully saturated rings. The molecule has 40 heavy (non-hydrogen) atoms. The number of ether oxygens (including phenoxy) is 1. The highest BCUT2D eigenvalue weighted by Crippen LogP contribution is 2.55. The topological polar surface area (TPSA) is 87.7 Å². The van der Waals surface area contributed by atoms with E-state index in [0.29, 0.717) is 23.7 Å². The van der Waals surface area contributed by atoms with Crippen molar-refractivity contribution in [1.29, 1.82) is 0 Å². The molecule has 7 nitrogen and oxygen atoms in total. The van der Waals surface area contributed by atoms with Crippen LogP contribution in [0.5, 0.6) is 0 Å². The van der Waals surface area contributed by atoms with Gasteiger partial charge in [0.15, 0.2) is 0 Å². The molecular weight excluding hydrogens is 546 g/mol. The van der Waals surface area contributed by atoms with Gasteiger partial charge in [-0.25, -0.2) is 0 Å². The van der Waals surface area contributed by atoms with Gasteiger partial charge in [-0.05, 0) is 61.4 Å². The predicted octanol–water partition coefficient (Wildman–Crippen LogP) is 4.84. The quantitative estimate of drug-likeness (QED) is 0.345. The molecule has 0 unspecified atom stereocenters. The highest BCUT2D eigenvalue weighted by molar-refractivity contribution is 7.98. The number of benzene rings is 2. The molecule has 1 saturated carbocycles. The van der Waals surface area contributed by atoms with E-state index in [9.17, 15) is 14.4 Å². The minimum atomic E-state index is -1.16. The lowest BCUT2D eigenvalue weighted by Crippen LogP contribution is -2.56. The third-order valence-corrected chi connectivity index (χ3v) is 9.75. The molecule has 0 radical (unpaired) electrons. The van der Waals surface area contributed by atoms with Crippen LogP contribution in [0.15, 0.2) is 65.6 Å². The summed E-state index contributed by atoms with van der Waals surface area (Å²) < 4.78 is 6.47. The number of hydrogen-bond donors (Lipinski definition) is 2. The van der Waals surface area contributed by atoms with E-state index in [1.807, 2.05) is 66.9 Å². The van der Waals surface area contributed by atoms with Gasteiger partial charge >= 0.3 is 0 Å². The van der Waals surface area contributed by atoms with E-state index in [-0.39, 0.29) is 23.8 Å². The minimum absolute atomic E-state index is 0.0929. The van der Waals surface area contributed by atoms with Crippen molar-refractivity contribution >= 4 is 46.8 Å². The van der Waals surface area contributed by atoms with Crippen LogP contribution in [-0.4, -0.2) is 59.2 Å². The Labute approximate surface area is 244 Å². The summed E-state index contributed by atoms with van der Waals surface area (Å²) >= 11 is 7.66. The zero-order valence-electron chi connectivity index (χ0n) is 22.5. The number of rotatable bonds is 8. The van der Waals surface area contributed by atoms with E-state index in [4.69, 9.17) is 16.3 Å². The van der Waals surface area contributed by atoms with Crippen LogP contribution in [0.2, 0.25) is 5.02 Å². The van der Waals surface area contributed by atoms with Crippen molar-refractivity contribution in [2.24, 2.45) is 11.8 Å². The normalized spacial score (nSPS) is 29.1. The molecule has 3 amide bonds. The SMILES string of the molecule is CSc1cccc(NC(=O)[C@H]2[C@@H]3C=C[C@]4(O3)[C@@H]2C(=O)N(CCc2ccc(Cl)cc2)[C@H]4C(=O)NC2CCCCC2)c1. The van der Waals surface area contributed by atoms with Gasteiger partial charge in [0.1, 0.15) is 11.6 Å². The molecule has 6 rings (SSSR count). The zero-order valence-corrected chi connectivity index (χ0v) is 24.0. The fraction of sp³-hybridized carbons (Fsp3) is 0.452. The maximum atomic E-state index is 14.1. The molecule has 3 heterocycles. The third kappa shape index (κ3) is 4.95. The lowest BCUT2D eigenvalue weighted by Gasteiger charge is -2.34. The Morgan fingerprint density at radius 3 is 2.62 bits per heavy atom. The highest BCUT2D eigenvalue weighted by atomic mass is 35.5. The molecule has 2 aromatic rings. The second-order valence-corrected chi connectivity index (χ2v) is 12.5. The predicted molar refractivity (Wildman–Crippen MR) is 156 cm³/mol. The number of fused-ring (bicyclic) bond motifs is 1. The summed E-state index contributed by atoms with van der Waals surface area (Å²) in [4.78, 5) is 44.5. The summed E-state index contributed by atoms with van der Waals surface area (Å²) in [5.41, 5.74) is 0.528. The second kappa shape index (κ2) is 11.2. The zero-order chi connectivity index (χ0) is 27.9. The van der Waals surface area contributed by atoms with E-state index in [1.165, 1.54) is 6.42 Å². The first-order valence-electron chi connectivity index (χ1n) is 14.1. The number of halogens is 1. The number of nitrogens with zero attached hydrogens (tertiary/aromatic N) is 1. The fourth-order valence-corrected chi connectivity index (χ4v) is 7.45. The van der Waals surface area contributed by atoms with Gasteiger partial charge in [0.25, 0.3) is 0 Å². The monoisotopic (exact) mass is 579 g/mol. The first-order valence-corrected chi connectivity index (χ1v) is 15.7. The summed E-state index contributed by atoms with van der Waals surface area (Å²) in [6, 6.07) is 14.4. The maximum absolute atomic E-state index is 14.1. The maximum Gasteiger partial charge on any atom is 0.246 e. The molecule has 5 atom stereocenters. The summed E-state index contributed by atoms with van der Waals surface area (Å²) in [6.07, 6.45) is 10.9. The van der Waals surface area contributed by atoms with Crippen molar-refractivity contribution in [2.45, 2.75) is 67.2 Å². The third-order valence-electron chi connectivity index (χ3n) is 8.77. The van der Waals surface area contributed by atoms with Gasteiger partial charge in [-0.2, -0.15) is 0 Å². The Morgan fingerprint density at radius 2 is 1.88 bits per heavy atom. The van der Waals surface area contributed by atoms with Crippen LogP contribution in [0.25, 0.3) is 0 Å². The Hall–Kier alpha value is -2.81. The average molecular weight is 580 g/mol. The molecule has 2 bridgehead atoms. The molecule has 210 valence electrons. The number of thioether (sulfide) groups is 1. The number of nitrogens with one attached hydrogen (secondary N) is 2. The standard InChI is InChI=1S/C31H34ClN3O4S/c1-40-23-9-5-8-22(18-23)34-28(36)25-24-14-16-31(39-24)26(25)30(38)35(17-15-19-10-12-20(32)13-11-19)27(31)29(37)33-21-6-3-2-4-7-21/h5,8-14,16,18,21,24-27H,2-4,6-7,15,17H2,1H3,(H,33,37)(H,34,36)/t24-,25-,26-,27-,31-/m0/s1. The Morgan fingerprint density at radius 1 is 1.10 bits per heavy atom.